The Labute approximate surface area is 172 Å². The van der Waals surface area contributed by atoms with Gasteiger partial charge in [-0.2, -0.15) is 0 Å². The van der Waals surface area contributed by atoms with E-state index in [-0.39, 0.29) is 12.5 Å². The Hall–Kier alpha value is -3.02. The molecule has 6 nitrogen and oxygen atoms in total. The number of aryl methyl sites for hydroxylation is 2. The number of esters is 1. The lowest BCUT2D eigenvalue weighted by atomic mass is 10.0. The normalized spacial score (nSPS) is 11.7. The van der Waals surface area contributed by atoms with Gasteiger partial charge in [-0.15, -0.1) is 0 Å². The summed E-state index contributed by atoms with van der Waals surface area (Å²) in [6.45, 7) is 9.23. The summed E-state index contributed by atoms with van der Waals surface area (Å²) >= 11 is 0. The summed E-state index contributed by atoms with van der Waals surface area (Å²) in [5, 5.41) is 2.73. The number of ether oxygens (including phenoxy) is 3. The van der Waals surface area contributed by atoms with Crippen LogP contribution in [0.5, 0.6) is 11.5 Å². The highest BCUT2D eigenvalue weighted by Gasteiger charge is 2.20. The number of benzene rings is 2. The van der Waals surface area contributed by atoms with Crippen LogP contribution in [0.3, 0.4) is 0 Å². The summed E-state index contributed by atoms with van der Waals surface area (Å²) in [6, 6.07) is 11.3. The Balaban J connectivity index is 1.95. The number of rotatable bonds is 8. The van der Waals surface area contributed by atoms with Crippen molar-refractivity contribution in [3.63, 3.8) is 0 Å². The van der Waals surface area contributed by atoms with Crippen LogP contribution in [0.4, 0.5) is 5.69 Å². The minimum absolute atomic E-state index is 0.260. The highest BCUT2D eigenvalue weighted by molar-refractivity contribution is 5.96. The number of carbonyl (C=O) groups excluding carboxylic acids is 2. The Morgan fingerprint density at radius 2 is 1.62 bits per heavy atom. The molecule has 0 bridgehead atoms. The third kappa shape index (κ3) is 6.24. The van der Waals surface area contributed by atoms with Crippen LogP contribution in [-0.2, 0) is 14.3 Å². The van der Waals surface area contributed by atoms with E-state index in [4.69, 9.17) is 14.2 Å². The van der Waals surface area contributed by atoms with Crippen molar-refractivity contribution in [2.24, 2.45) is 0 Å². The lowest BCUT2D eigenvalue weighted by Crippen LogP contribution is -2.31. The van der Waals surface area contributed by atoms with E-state index in [0.717, 1.165) is 16.7 Å². The predicted molar refractivity (Wildman–Crippen MR) is 113 cm³/mol. The smallest absolute Gasteiger partial charge is 0.344 e. The average Bonchev–Trinajstić information content (AvgIpc) is 2.66. The van der Waals surface area contributed by atoms with Crippen molar-refractivity contribution in [2.75, 3.05) is 19.0 Å². The minimum Gasteiger partial charge on any atom is -0.495 e. The van der Waals surface area contributed by atoms with Gasteiger partial charge in [0.2, 0.25) is 0 Å². The minimum atomic E-state index is -0.974. The van der Waals surface area contributed by atoms with Crippen molar-refractivity contribution in [1.82, 2.24) is 0 Å². The summed E-state index contributed by atoms with van der Waals surface area (Å²) in [7, 11) is 1.53. The van der Waals surface area contributed by atoms with Crippen molar-refractivity contribution in [3.8, 4) is 11.5 Å². The van der Waals surface area contributed by atoms with Crippen molar-refractivity contribution in [3.05, 3.63) is 53.1 Å². The largest absolute Gasteiger partial charge is 0.495 e. The molecule has 0 radical (unpaired) electrons. The van der Waals surface area contributed by atoms with Crippen molar-refractivity contribution in [1.29, 1.82) is 0 Å². The molecule has 1 atom stereocenters. The van der Waals surface area contributed by atoms with E-state index in [9.17, 15) is 9.59 Å². The van der Waals surface area contributed by atoms with E-state index in [1.165, 1.54) is 14.0 Å². The molecule has 0 aliphatic rings. The standard InChI is InChI=1S/C23H29NO5/c1-14(2)18-9-7-16(4)12-21(18)28-13-22(25)29-17(5)23(26)24-19-11-15(3)8-10-20(19)27-6/h7-12,14,17H,13H2,1-6H3,(H,24,26). The topological polar surface area (TPSA) is 73.9 Å². The number of hydrogen-bond donors (Lipinski definition) is 1. The second kappa shape index (κ2) is 9.96. The molecule has 29 heavy (non-hydrogen) atoms. The molecule has 1 amide bonds. The van der Waals surface area contributed by atoms with Gasteiger partial charge in [0.25, 0.3) is 5.91 Å². The Bertz CT molecular complexity index is 876. The fourth-order valence-electron chi connectivity index (χ4n) is 2.82. The maximum atomic E-state index is 12.4. The molecule has 1 unspecified atom stereocenters. The maximum absolute atomic E-state index is 12.4. The molecule has 6 heteroatoms. The van der Waals surface area contributed by atoms with Crippen LogP contribution < -0.4 is 14.8 Å². The number of carbonyl (C=O) groups is 2. The number of amides is 1. The number of anilines is 1. The molecule has 0 saturated heterocycles. The van der Waals surface area contributed by atoms with Gasteiger partial charge in [-0.05, 0) is 61.6 Å². The molecule has 2 aromatic carbocycles. The molecule has 2 rings (SSSR count). The molecule has 0 spiro atoms. The lowest BCUT2D eigenvalue weighted by Gasteiger charge is -2.17. The van der Waals surface area contributed by atoms with E-state index >= 15 is 0 Å². The zero-order chi connectivity index (χ0) is 21.6. The molecule has 0 aromatic heterocycles. The van der Waals surface area contributed by atoms with Gasteiger partial charge in [0.15, 0.2) is 12.7 Å². The zero-order valence-electron chi connectivity index (χ0n) is 17.9. The van der Waals surface area contributed by atoms with E-state index in [1.54, 1.807) is 12.1 Å². The molecule has 1 N–H and O–H groups in total. The lowest BCUT2D eigenvalue weighted by molar-refractivity contribution is -0.155. The monoisotopic (exact) mass is 399 g/mol. The predicted octanol–water partition coefficient (Wildman–Crippen LogP) is 4.38. The number of nitrogens with one attached hydrogen (secondary N) is 1. The van der Waals surface area contributed by atoms with Gasteiger partial charge < -0.3 is 19.5 Å². The fourth-order valence-corrected chi connectivity index (χ4v) is 2.82. The van der Waals surface area contributed by atoms with Gasteiger partial charge in [0.1, 0.15) is 11.5 Å². The summed E-state index contributed by atoms with van der Waals surface area (Å²) in [4.78, 5) is 24.6. The second-order valence-corrected chi connectivity index (χ2v) is 7.31. The maximum Gasteiger partial charge on any atom is 0.344 e. The van der Waals surface area contributed by atoms with Gasteiger partial charge in [0.05, 0.1) is 12.8 Å². The van der Waals surface area contributed by atoms with Crippen LogP contribution in [0.1, 0.15) is 43.4 Å². The highest BCUT2D eigenvalue weighted by atomic mass is 16.6. The molecule has 0 fully saturated rings. The third-order valence-corrected chi connectivity index (χ3v) is 4.43. The van der Waals surface area contributed by atoms with Gasteiger partial charge >= 0.3 is 5.97 Å². The summed E-state index contributed by atoms with van der Waals surface area (Å²) in [5.74, 6) is 0.390. The van der Waals surface area contributed by atoms with Gasteiger partial charge in [0, 0.05) is 0 Å². The van der Waals surface area contributed by atoms with Gasteiger partial charge in [-0.3, -0.25) is 4.79 Å². The fraction of sp³-hybridized carbons (Fsp3) is 0.391. The van der Waals surface area contributed by atoms with Gasteiger partial charge in [-0.1, -0.05) is 32.0 Å². The third-order valence-electron chi connectivity index (χ3n) is 4.43. The van der Waals surface area contributed by atoms with Crippen molar-refractivity contribution >= 4 is 17.6 Å². The summed E-state index contributed by atoms with van der Waals surface area (Å²) in [6.07, 6.45) is -0.974. The van der Waals surface area contributed by atoms with E-state index in [0.29, 0.717) is 17.2 Å². The summed E-state index contributed by atoms with van der Waals surface area (Å²) in [5.41, 5.74) is 3.55. The van der Waals surface area contributed by atoms with Crippen LogP contribution in [0, 0.1) is 13.8 Å². The van der Waals surface area contributed by atoms with Crippen molar-refractivity contribution in [2.45, 2.75) is 46.6 Å². The second-order valence-electron chi connectivity index (χ2n) is 7.31. The highest BCUT2D eigenvalue weighted by Crippen LogP contribution is 2.28. The van der Waals surface area contributed by atoms with E-state index < -0.39 is 18.0 Å². The Kier molecular flexibility index (Phi) is 7.65. The molecule has 0 aliphatic heterocycles. The van der Waals surface area contributed by atoms with Crippen LogP contribution in [0.15, 0.2) is 36.4 Å². The van der Waals surface area contributed by atoms with Crippen molar-refractivity contribution < 1.29 is 23.8 Å². The average molecular weight is 399 g/mol. The molecule has 0 aliphatic carbocycles. The molecule has 156 valence electrons. The van der Waals surface area contributed by atoms with Crippen LogP contribution >= 0.6 is 0 Å². The van der Waals surface area contributed by atoms with Crippen LogP contribution in [0.25, 0.3) is 0 Å². The quantitative estimate of drug-likeness (QED) is 0.667. The van der Waals surface area contributed by atoms with Crippen LogP contribution in [0.2, 0.25) is 0 Å². The Morgan fingerprint density at radius 3 is 2.28 bits per heavy atom. The first-order valence-electron chi connectivity index (χ1n) is 9.59. The van der Waals surface area contributed by atoms with E-state index in [1.807, 2.05) is 38.1 Å². The SMILES string of the molecule is COc1ccc(C)cc1NC(=O)C(C)OC(=O)COc1cc(C)ccc1C(C)C. The molecule has 0 heterocycles. The zero-order valence-corrected chi connectivity index (χ0v) is 17.9. The molecular weight excluding hydrogens is 370 g/mol. The first kappa shape index (κ1) is 22.3. The first-order valence-corrected chi connectivity index (χ1v) is 9.59. The van der Waals surface area contributed by atoms with E-state index in [2.05, 4.69) is 19.2 Å². The Morgan fingerprint density at radius 1 is 0.966 bits per heavy atom. The summed E-state index contributed by atoms with van der Waals surface area (Å²) < 4.78 is 16.1. The molecule has 0 saturated carbocycles. The van der Waals surface area contributed by atoms with Gasteiger partial charge in [-0.25, -0.2) is 4.79 Å². The molecule has 2 aromatic rings. The first-order chi connectivity index (χ1) is 13.7. The number of methoxy groups -OCH3 is 1. The molecular formula is C23H29NO5. The number of hydrogen-bond acceptors (Lipinski definition) is 5. The van der Waals surface area contributed by atoms with Crippen LogP contribution in [-0.4, -0.2) is 31.7 Å².